The molecule has 0 bridgehead atoms. The highest BCUT2D eigenvalue weighted by atomic mass is 19.4. The minimum atomic E-state index is -4.58. The molecule has 0 saturated heterocycles. The fraction of sp³-hybridized carbons (Fsp3) is 0.185. The van der Waals surface area contributed by atoms with Gasteiger partial charge in [0.05, 0.1) is 29.6 Å². The van der Waals surface area contributed by atoms with Crippen LogP contribution in [0.4, 0.5) is 13.2 Å². The summed E-state index contributed by atoms with van der Waals surface area (Å²) in [6, 6.07) is 20.3. The Hall–Kier alpha value is -4.27. The van der Waals surface area contributed by atoms with Crippen molar-refractivity contribution in [2.45, 2.75) is 25.6 Å². The maximum absolute atomic E-state index is 13.3. The van der Waals surface area contributed by atoms with Gasteiger partial charge in [-0.25, -0.2) is 4.98 Å². The van der Waals surface area contributed by atoms with Crippen LogP contribution in [0.1, 0.15) is 33.6 Å². The van der Waals surface area contributed by atoms with Crippen molar-refractivity contribution in [3.8, 4) is 0 Å². The number of fused-ring (bicyclic) bond motifs is 1. The molecule has 184 valence electrons. The molecule has 4 aromatic rings. The molecule has 3 aromatic carbocycles. The highest BCUT2D eigenvalue weighted by Crippen LogP contribution is 2.31. The highest BCUT2D eigenvalue weighted by Gasteiger charge is 2.31. The fourth-order valence-electron chi connectivity index (χ4n) is 3.71. The minimum absolute atomic E-state index is 0.0111. The molecule has 6 nitrogen and oxygen atoms in total. The van der Waals surface area contributed by atoms with Crippen molar-refractivity contribution in [3.63, 3.8) is 0 Å². The SMILES string of the molecule is O=C(CCc1nc2cc(C(F)(F)F)ccc2n(Cc2ccccc2)c1=O)OCC(=O)c1ccccc1. The van der Waals surface area contributed by atoms with E-state index in [0.717, 1.165) is 17.7 Å². The molecule has 0 saturated carbocycles. The Bertz CT molecular complexity index is 1450. The van der Waals surface area contributed by atoms with Crippen molar-refractivity contribution in [2.75, 3.05) is 6.61 Å². The van der Waals surface area contributed by atoms with E-state index in [1.807, 2.05) is 6.07 Å². The lowest BCUT2D eigenvalue weighted by molar-refractivity contribution is -0.142. The first-order valence-electron chi connectivity index (χ1n) is 11.1. The quantitative estimate of drug-likeness (QED) is 0.259. The number of aryl methyl sites for hydroxylation is 1. The number of ketones is 1. The Kier molecular flexibility index (Phi) is 7.28. The van der Waals surface area contributed by atoms with E-state index in [4.69, 9.17) is 4.74 Å². The van der Waals surface area contributed by atoms with E-state index in [9.17, 15) is 27.6 Å². The van der Waals surface area contributed by atoms with Gasteiger partial charge in [0.25, 0.3) is 5.56 Å². The maximum Gasteiger partial charge on any atom is 0.416 e. The predicted molar refractivity (Wildman–Crippen MR) is 127 cm³/mol. The van der Waals surface area contributed by atoms with E-state index < -0.39 is 29.9 Å². The first-order valence-corrected chi connectivity index (χ1v) is 11.1. The fourth-order valence-corrected chi connectivity index (χ4v) is 3.71. The lowest BCUT2D eigenvalue weighted by atomic mass is 10.1. The summed E-state index contributed by atoms with van der Waals surface area (Å²) in [6.45, 7) is -0.339. The van der Waals surface area contributed by atoms with Gasteiger partial charge in [-0.05, 0) is 23.8 Å². The van der Waals surface area contributed by atoms with E-state index in [0.29, 0.717) is 5.56 Å². The molecule has 1 aromatic heterocycles. The molecule has 36 heavy (non-hydrogen) atoms. The number of carbonyl (C=O) groups is 2. The maximum atomic E-state index is 13.3. The number of halogens is 3. The van der Waals surface area contributed by atoms with Gasteiger partial charge >= 0.3 is 12.1 Å². The van der Waals surface area contributed by atoms with Gasteiger partial charge in [-0.3, -0.25) is 14.4 Å². The number of nitrogens with zero attached hydrogens (tertiary/aromatic N) is 2. The molecule has 0 aliphatic rings. The number of alkyl halides is 3. The topological polar surface area (TPSA) is 78.3 Å². The second kappa shape index (κ2) is 10.6. The lowest BCUT2D eigenvalue weighted by Gasteiger charge is -2.14. The van der Waals surface area contributed by atoms with Crippen LogP contribution < -0.4 is 5.56 Å². The van der Waals surface area contributed by atoms with Crippen LogP contribution in [-0.4, -0.2) is 27.9 Å². The Morgan fingerprint density at radius 3 is 2.25 bits per heavy atom. The van der Waals surface area contributed by atoms with E-state index >= 15 is 0 Å². The van der Waals surface area contributed by atoms with E-state index in [2.05, 4.69) is 4.98 Å². The van der Waals surface area contributed by atoms with E-state index in [1.165, 1.54) is 10.6 Å². The normalized spacial score (nSPS) is 11.4. The van der Waals surface area contributed by atoms with Gasteiger partial charge < -0.3 is 9.30 Å². The second-order valence-electron chi connectivity index (χ2n) is 8.09. The van der Waals surface area contributed by atoms with Gasteiger partial charge in [0.15, 0.2) is 12.4 Å². The van der Waals surface area contributed by atoms with Crippen LogP contribution in [0.15, 0.2) is 83.7 Å². The Labute approximate surface area is 204 Å². The molecule has 0 radical (unpaired) electrons. The van der Waals surface area contributed by atoms with E-state index in [-0.39, 0.29) is 41.9 Å². The van der Waals surface area contributed by atoms with Gasteiger partial charge in [0.2, 0.25) is 0 Å². The molecule has 0 spiro atoms. The molecular weight excluding hydrogens is 473 g/mol. The van der Waals surface area contributed by atoms with Crippen molar-refractivity contribution < 1.29 is 27.5 Å². The average molecular weight is 494 g/mol. The van der Waals surface area contributed by atoms with Gasteiger partial charge in [-0.1, -0.05) is 60.7 Å². The third kappa shape index (κ3) is 5.86. The van der Waals surface area contributed by atoms with Crippen molar-refractivity contribution in [1.29, 1.82) is 0 Å². The number of hydrogen-bond acceptors (Lipinski definition) is 5. The van der Waals surface area contributed by atoms with Crippen LogP contribution in [0, 0.1) is 0 Å². The lowest BCUT2D eigenvalue weighted by Crippen LogP contribution is -2.27. The van der Waals surface area contributed by atoms with Crippen LogP contribution in [0.3, 0.4) is 0 Å². The number of Topliss-reactive ketones (excluding diaryl/α,β-unsaturated/α-hetero) is 1. The molecule has 0 unspecified atom stereocenters. The molecule has 9 heteroatoms. The number of carbonyl (C=O) groups excluding carboxylic acids is 2. The minimum Gasteiger partial charge on any atom is -0.457 e. The number of hydrogen-bond donors (Lipinski definition) is 0. The smallest absolute Gasteiger partial charge is 0.416 e. The molecule has 1 heterocycles. The largest absolute Gasteiger partial charge is 0.457 e. The van der Waals surface area contributed by atoms with Crippen LogP contribution >= 0.6 is 0 Å². The second-order valence-corrected chi connectivity index (χ2v) is 8.09. The molecule has 0 fully saturated rings. The summed E-state index contributed by atoms with van der Waals surface area (Å²) in [6.07, 6.45) is -5.00. The summed E-state index contributed by atoms with van der Waals surface area (Å²) in [5, 5.41) is 0. The van der Waals surface area contributed by atoms with Crippen molar-refractivity contribution >= 4 is 22.8 Å². The summed E-state index contributed by atoms with van der Waals surface area (Å²) >= 11 is 0. The summed E-state index contributed by atoms with van der Waals surface area (Å²) < 4.78 is 46.2. The molecular formula is C27H21F3N2O4. The summed E-state index contributed by atoms with van der Waals surface area (Å²) in [7, 11) is 0. The van der Waals surface area contributed by atoms with Gasteiger partial charge in [0.1, 0.15) is 5.69 Å². The third-order valence-corrected chi connectivity index (χ3v) is 5.55. The third-order valence-electron chi connectivity index (χ3n) is 5.55. The number of benzene rings is 3. The van der Waals surface area contributed by atoms with Crippen LogP contribution in [0.2, 0.25) is 0 Å². The number of ether oxygens (including phenoxy) is 1. The Morgan fingerprint density at radius 1 is 0.917 bits per heavy atom. The number of rotatable bonds is 8. The Morgan fingerprint density at radius 2 is 1.58 bits per heavy atom. The molecule has 0 aliphatic carbocycles. The first-order chi connectivity index (χ1) is 17.2. The average Bonchev–Trinajstić information content (AvgIpc) is 2.88. The van der Waals surface area contributed by atoms with Crippen LogP contribution in [0.5, 0.6) is 0 Å². The molecule has 4 rings (SSSR count). The summed E-state index contributed by atoms with van der Waals surface area (Å²) in [5.74, 6) is -1.10. The molecule has 0 amide bonds. The monoisotopic (exact) mass is 494 g/mol. The molecule has 0 atom stereocenters. The van der Waals surface area contributed by atoms with Crippen molar-refractivity contribution in [3.05, 3.63) is 112 Å². The highest BCUT2D eigenvalue weighted by molar-refractivity contribution is 5.97. The summed E-state index contributed by atoms with van der Waals surface area (Å²) in [5.41, 5.74) is -0.0669. The number of esters is 1. The Balaban J connectivity index is 1.57. The zero-order valence-electron chi connectivity index (χ0n) is 19.0. The van der Waals surface area contributed by atoms with Crippen LogP contribution in [-0.2, 0) is 28.7 Å². The van der Waals surface area contributed by atoms with Crippen molar-refractivity contribution in [2.24, 2.45) is 0 Å². The van der Waals surface area contributed by atoms with Gasteiger partial charge in [0, 0.05) is 12.0 Å². The summed E-state index contributed by atoms with van der Waals surface area (Å²) in [4.78, 5) is 41.7. The first kappa shape index (κ1) is 24.8. The van der Waals surface area contributed by atoms with Gasteiger partial charge in [-0.2, -0.15) is 13.2 Å². The zero-order valence-corrected chi connectivity index (χ0v) is 19.0. The van der Waals surface area contributed by atoms with Crippen molar-refractivity contribution in [1.82, 2.24) is 9.55 Å². The zero-order chi connectivity index (χ0) is 25.7. The molecule has 0 aliphatic heterocycles. The van der Waals surface area contributed by atoms with E-state index in [1.54, 1.807) is 54.6 Å². The molecule has 0 N–H and O–H groups in total. The van der Waals surface area contributed by atoms with Gasteiger partial charge in [-0.15, -0.1) is 0 Å². The standard InChI is InChI=1S/C27H21F3N2O4/c28-27(29,30)20-11-13-23-22(15-20)31-21(26(35)32(23)16-18-7-3-1-4-8-18)12-14-25(34)36-17-24(33)19-9-5-2-6-10-19/h1-11,13,15H,12,14,16-17H2. The van der Waals surface area contributed by atoms with Crippen LogP contribution in [0.25, 0.3) is 11.0 Å². The predicted octanol–water partition coefficient (Wildman–Crippen LogP) is 4.82. The number of aromatic nitrogens is 2.